The first-order valence-corrected chi connectivity index (χ1v) is 7.16. The van der Waals surface area contributed by atoms with E-state index in [4.69, 9.17) is 5.73 Å². The fourth-order valence-corrected chi connectivity index (χ4v) is 2.27. The summed E-state index contributed by atoms with van der Waals surface area (Å²) in [6, 6.07) is 14.7. The molecule has 1 heterocycles. The van der Waals surface area contributed by atoms with Crippen LogP contribution in [0, 0.1) is 6.92 Å². The Morgan fingerprint density at radius 3 is 2.55 bits per heavy atom. The summed E-state index contributed by atoms with van der Waals surface area (Å²) < 4.78 is 0. The molecule has 0 saturated heterocycles. The van der Waals surface area contributed by atoms with Gasteiger partial charge in [0.15, 0.2) is 0 Å². The third-order valence-corrected chi connectivity index (χ3v) is 3.42. The molecule has 1 aromatic carbocycles. The third kappa shape index (κ3) is 4.44. The maximum Gasteiger partial charge on any atom is 0.0573 e. The summed E-state index contributed by atoms with van der Waals surface area (Å²) in [6.07, 6.45) is 2.88. The van der Waals surface area contributed by atoms with Gasteiger partial charge in [0.1, 0.15) is 0 Å². The van der Waals surface area contributed by atoms with Gasteiger partial charge in [-0.15, -0.1) is 0 Å². The van der Waals surface area contributed by atoms with E-state index in [-0.39, 0.29) is 0 Å². The minimum Gasteiger partial charge on any atom is -0.330 e. The van der Waals surface area contributed by atoms with E-state index in [1.165, 1.54) is 11.1 Å². The Kier molecular flexibility index (Phi) is 5.71. The highest BCUT2D eigenvalue weighted by Gasteiger charge is 2.09. The Hall–Kier alpha value is -1.71. The highest BCUT2D eigenvalue weighted by molar-refractivity contribution is 5.18. The Bertz CT molecular complexity index is 511. The van der Waals surface area contributed by atoms with Gasteiger partial charge in [-0.25, -0.2) is 0 Å². The molecule has 2 N–H and O–H groups in total. The maximum atomic E-state index is 5.65. The predicted octanol–water partition coefficient (Wildman–Crippen LogP) is 2.74. The van der Waals surface area contributed by atoms with E-state index in [9.17, 15) is 0 Å². The summed E-state index contributed by atoms with van der Waals surface area (Å²) >= 11 is 0. The minimum absolute atomic E-state index is 0.729. The molecule has 3 heteroatoms. The highest BCUT2D eigenvalue weighted by atomic mass is 15.1. The maximum absolute atomic E-state index is 5.65. The van der Waals surface area contributed by atoms with Gasteiger partial charge in [0, 0.05) is 25.8 Å². The van der Waals surface area contributed by atoms with Crippen LogP contribution in [0.3, 0.4) is 0 Å². The molecule has 0 aliphatic rings. The number of nitrogens with two attached hydrogens (primary N) is 1. The topological polar surface area (TPSA) is 42.2 Å². The molecule has 0 amide bonds. The first-order valence-electron chi connectivity index (χ1n) is 7.16. The molecule has 0 saturated carbocycles. The normalized spacial score (nSPS) is 10.9. The van der Waals surface area contributed by atoms with E-state index in [0.717, 1.165) is 38.3 Å². The van der Waals surface area contributed by atoms with Crippen molar-refractivity contribution in [1.29, 1.82) is 0 Å². The van der Waals surface area contributed by atoms with Crippen LogP contribution in [0.25, 0.3) is 0 Å². The smallest absolute Gasteiger partial charge is 0.0573 e. The molecule has 0 aliphatic heterocycles. The SMILES string of the molecule is Cc1cccnc1CN(CCCN)Cc1ccccc1. The van der Waals surface area contributed by atoms with Gasteiger partial charge in [0.05, 0.1) is 5.69 Å². The minimum atomic E-state index is 0.729. The van der Waals surface area contributed by atoms with Crippen molar-refractivity contribution in [3.8, 4) is 0 Å². The Labute approximate surface area is 121 Å². The van der Waals surface area contributed by atoms with Crippen LogP contribution in [0.5, 0.6) is 0 Å². The molecular formula is C17H23N3. The number of benzene rings is 1. The zero-order valence-electron chi connectivity index (χ0n) is 12.1. The zero-order chi connectivity index (χ0) is 14.2. The lowest BCUT2D eigenvalue weighted by atomic mass is 10.1. The second kappa shape index (κ2) is 7.78. The summed E-state index contributed by atoms with van der Waals surface area (Å²) in [6.45, 7) is 5.66. The van der Waals surface area contributed by atoms with Crippen molar-refractivity contribution in [3.05, 3.63) is 65.5 Å². The summed E-state index contributed by atoms with van der Waals surface area (Å²) in [5.41, 5.74) is 9.38. The van der Waals surface area contributed by atoms with Crippen molar-refractivity contribution in [2.45, 2.75) is 26.4 Å². The van der Waals surface area contributed by atoms with Crippen LogP contribution in [0.1, 0.15) is 23.2 Å². The molecule has 0 atom stereocenters. The lowest BCUT2D eigenvalue weighted by molar-refractivity contribution is 0.251. The van der Waals surface area contributed by atoms with Crippen LogP contribution in [0.4, 0.5) is 0 Å². The average molecular weight is 269 g/mol. The van der Waals surface area contributed by atoms with Crippen LogP contribution in [-0.4, -0.2) is 23.0 Å². The monoisotopic (exact) mass is 269 g/mol. The van der Waals surface area contributed by atoms with E-state index in [1.54, 1.807) is 0 Å². The molecule has 0 fully saturated rings. The third-order valence-electron chi connectivity index (χ3n) is 3.42. The average Bonchev–Trinajstić information content (AvgIpc) is 2.48. The highest BCUT2D eigenvalue weighted by Crippen LogP contribution is 2.11. The van der Waals surface area contributed by atoms with Gasteiger partial charge in [0.25, 0.3) is 0 Å². The van der Waals surface area contributed by atoms with Gasteiger partial charge in [-0.3, -0.25) is 9.88 Å². The lowest BCUT2D eigenvalue weighted by Gasteiger charge is -2.22. The zero-order valence-corrected chi connectivity index (χ0v) is 12.1. The predicted molar refractivity (Wildman–Crippen MR) is 83.2 cm³/mol. The quantitative estimate of drug-likeness (QED) is 0.840. The standard InChI is InChI=1S/C17H23N3/c1-15-7-5-11-19-17(15)14-20(12-6-10-18)13-16-8-3-2-4-9-16/h2-5,7-9,11H,6,10,12-14,18H2,1H3. The molecule has 106 valence electrons. The van der Waals surface area contributed by atoms with Crippen molar-refractivity contribution >= 4 is 0 Å². The second-order valence-electron chi connectivity index (χ2n) is 5.11. The lowest BCUT2D eigenvalue weighted by Crippen LogP contribution is -2.26. The summed E-state index contributed by atoms with van der Waals surface area (Å²) in [7, 11) is 0. The van der Waals surface area contributed by atoms with Crippen molar-refractivity contribution in [3.63, 3.8) is 0 Å². The Morgan fingerprint density at radius 2 is 1.85 bits per heavy atom. The molecule has 0 bridgehead atoms. The number of nitrogens with zero attached hydrogens (tertiary/aromatic N) is 2. The summed E-state index contributed by atoms with van der Waals surface area (Å²) in [5.74, 6) is 0. The number of hydrogen-bond donors (Lipinski definition) is 1. The van der Waals surface area contributed by atoms with Gasteiger partial charge in [-0.05, 0) is 37.1 Å². The Balaban J connectivity index is 2.05. The van der Waals surface area contributed by atoms with E-state index >= 15 is 0 Å². The van der Waals surface area contributed by atoms with Gasteiger partial charge < -0.3 is 5.73 Å². The molecular weight excluding hydrogens is 246 g/mol. The van der Waals surface area contributed by atoms with Crippen molar-refractivity contribution in [2.75, 3.05) is 13.1 Å². The Morgan fingerprint density at radius 1 is 1.05 bits per heavy atom. The molecule has 0 unspecified atom stereocenters. The fourth-order valence-electron chi connectivity index (χ4n) is 2.27. The number of rotatable bonds is 7. The van der Waals surface area contributed by atoms with E-state index in [1.807, 2.05) is 12.3 Å². The van der Waals surface area contributed by atoms with Crippen LogP contribution >= 0.6 is 0 Å². The molecule has 0 spiro atoms. The first-order chi connectivity index (χ1) is 9.79. The molecule has 20 heavy (non-hydrogen) atoms. The van der Waals surface area contributed by atoms with Crippen molar-refractivity contribution in [1.82, 2.24) is 9.88 Å². The van der Waals surface area contributed by atoms with Gasteiger partial charge >= 0.3 is 0 Å². The molecule has 1 aromatic heterocycles. The van der Waals surface area contributed by atoms with E-state index < -0.39 is 0 Å². The summed E-state index contributed by atoms with van der Waals surface area (Å²) in [5, 5.41) is 0. The van der Waals surface area contributed by atoms with Gasteiger partial charge in [-0.1, -0.05) is 36.4 Å². The molecule has 2 aromatic rings. The van der Waals surface area contributed by atoms with E-state index in [2.05, 4.69) is 53.2 Å². The molecule has 3 nitrogen and oxygen atoms in total. The van der Waals surface area contributed by atoms with Crippen LogP contribution in [0.2, 0.25) is 0 Å². The largest absolute Gasteiger partial charge is 0.330 e. The number of hydrogen-bond acceptors (Lipinski definition) is 3. The van der Waals surface area contributed by atoms with E-state index in [0.29, 0.717) is 0 Å². The summed E-state index contributed by atoms with van der Waals surface area (Å²) in [4.78, 5) is 6.91. The number of pyridine rings is 1. The van der Waals surface area contributed by atoms with Crippen molar-refractivity contribution < 1.29 is 0 Å². The van der Waals surface area contributed by atoms with Gasteiger partial charge in [-0.2, -0.15) is 0 Å². The second-order valence-corrected chi connectivity index (χ2v) is 5.11. The molecule has 2 rings (SSSR count). The van der Waals surface area contributed by atoms with Gasteiger partial charge in [0.2, 0.25) is 0 Å². The van der Waals surface area contributed by atoms with Crippen LogP contribution in [-0.2, 0) is 13.1 Å². The van der Waals surface area contributed by atoms with Crippen molar-refractivity contribution in [2.24, 2.45) is 5.73 Å². The van der Waals surface area contributed by atoms with Crippen LogP contribution in [0.15, 0.2) is 48.7 Å². The molecule has 0 radical (unpaired) electrons. The number of aryl methyl sites for hydroxylation is 1. The fraction of sp³-hybridized carbons (Fsp3) is 0.353. The molecule has 0 aliphatic carbocycles. The van der Waals surface area contributed by atoms with Crippen LogP contribution < -0.4 is 5.73 Å². The number of aromatic nitrogens is 1. The first kappa shape index (κ1) is 14.7.